The van der Waals surface area contributed by atoms with Gasteiger partial charge in [0.15, 0.2) is 0 Å². The molecule has 0 fully saturated rings. The van der Waals surface area contributed by atoms with Crippen LogP contribution in [0.4, 0.5) is 4.39 Å². The van der Waals surface area contributed by atoms with Crippen LogP contribution in [-0.4, -0.2) is 41.0 Å². The van der Waals surface area contributed by atoms with E-state index in [2.05, 4.69) is 11.1 Å². The Morgan fingerprint density at radius 3 is 2.65 bits per heavy atom. The van der Waals surface area contributed by atoms with Gasteiger partial charge < -0.3 is 13.9 Å². The molecular formula is C37H35FN2O6S2. The topological polar surface area (TPSA) is 101 Å². The van der Waals surface area contributed by atoms with Gasteiger partial charge in [-0.05, 0) is 92.6 Å². The lowest BCUT2D eigenvalue weighted by Gasteiger charge is -2.30. The Balaban J connectivity index is 1.15. The highest BCUT2D eigenvalue weighted by Crippen LogP contribution is 2.40. The lowest BCUT2D eigenvalue weighted by molar-refractivity contribution is -0.143. The van der Waals surface area contributed by atoms with Crippen LogP contribution in [-0.2, 0) is 32.4 Å². The van der Waals surface area contributed by atoms with E-state index in [4.69, 9.17) is 13.9 Å². The normalized spacial score (nSPS) is 16.4. The Kier molecular flexibility index (Phi) is 9.61. The van der Waals surface area contributed by atoms with Crippen LogP contribution in [0.15, 0.2) is 113 Å². The van der Waals surface area contributed by atoms with Gasteiger partial charge in [0.25, 0.3) is 10.0 Å². The number of rotatable bonds is 12. The number of aromatic nitrogens is 2. The van der Waals surface area contributed by atoms with Crippen molar-refractivity contribution in [2.75, 3.05) is 12.9 Å². The number of thioether (sulfide) groups is 1. The van der Waals surface area contributed by atoms with E-state index < -0.39 is 20.6 Å². The molecule has 2 aromatic heterocycles. The summed E-state index contributed by atoms with van der Waals surface area (Å²) in [4.78, 5) is 17.1. The van der Waals surface area contributed by atoms with E-state index in [1.54, 1.807) is 43.5 Å². The van der Waals surface area contributed by atoms with E-state index >= 15 is 4.39 Å². The standard InChI is InChI=1S/C37H35FN2O6S2/c1-4-44-35(41)14-11-25-7-5-8-26(19-25)20-29-24-45-36(39-29)28-9-6-10-30(22-28)46-31-12-13-33-27(21-31)16-18-40(33)48(42,43)37(2)17-15-32(47-3)23-34(37)38/h5-10,12-13,15-16,18-19,21-24H,4,11,14,17,20H2,1-3H3. The number of benzene rings is 3. The summed E-state index contributed by atoms with van der Waals surface area (Å²) in [6.07, 6.45) is 9.53. The molecule has 0 saturated heterocycles. The molecule has 6 rings (SSSR count). The predicted octanol–water partition coefficient (Wildman–Crippen LogP) is 8.62. The number of carbonyl (C=O) groups excluding carboxylic acids is 1. The number of esters is 1. The first-order chi connectivity index (χ1) is 23.1. The summed E-state index contributed by atoms with van der Waals surface area (Å²) < 4.78 is 59.0. The third-order valence-corrected chi connectivity index (χ3v) is 11.4. The summed E-state index contributed by atoms with van der Waals surface area (Å²) in [7, 11) is -4.12. The van der Waals surface area contributed by atoms with Crippen molar-refractivity contribution in [2.24, 2.45) is 0 Å². The van der Waals surface area contributed by atoms with Gasteiger partial charge in [0.1, 0.15) is 28.3 Å². The van der Waals surface area contributed by atoms with Gasteiger partial charge >= 0.3 is 5.97 Å². The maximum absolute atomic E-state index is 15.2. The van der Waals surface area contributed by atoms with Crippen LogP contribution in [0.25, 0.3) is 22.4 Å². The van der Waals surface area contributed by atoms with Crippen molar-refractivity contribution < 1.29 is 31.5 Å². The molecule has 0 spiro atoms. The zero-order valence-electron chi connectivity index (χ0n) is 26.8. The molecule has 2 heterocycles. The number of ether oxygens (including phenoxy) is 2. The Hall–Kier alpha value is -4.61. The molecule has 1 aliphatic carbocycles. The van der Waals surface area contributed by atoms with Crippen molar-refractivity contribution in [3.8, 4) is 23.0 Å². The van der Waals surface area contributed by atoms with Crippen LogP contribution in [0.3, 0.4) is 0 Å². The molecule has 1 atom stereocenters. The smallest absolute Gasteiger partial charge is 0.306 e. The Labute approximate surface area is 283 Å². The third kappa shape index (κ3) is 6.84. The minimum Gasteiger partial charge on any atom is -0.466 e. The summed E-state index contributed by atoms with van der Waals surface area (Å²) in [6, 6.07) is 22.2. The highest BCUT2D eigenvalue weighted by Gasteiger charge is 2.46. The lowest BCUT2D eigenvalue weighted by atomic mass is 10.0. The lowest BCUT2D eigenvalue weighted by Crippen LogP contribution is -2.40. The largest absolute Gasteiger partial charge is 0.466 e. The third-order valence-electron chi connectivity index (χ3n) is 8.33. The van der Waals surface area contributed by atoms with Crippen molar-refractivity contribution in [3.63, 3.8) is 0 Å². The van der Waals surface area contributed by atoms with E-state index in [-0.39, 0.29) is 12.4 Å². The Morgan fingerprint density at radius 2 is 1.85 bits per heavy atom. The van der Waals surface area contributed by atoms with E-state index in [1.807, 2.05) is 48.7 Å². The summed E-state index contributed by atoms with van der Waals surface area (Å²) in [5.74, 6) is 0.623. The van der Waals surface area contributed by atoms with Crippen molar-refractivity contribution >= 4 is 38.7 Å². The molecule has 3 aromatic carbocycles. The maximum Gasteiger partial charge on any atom is 0.306 e. The van der Waals surface area contributed by atoms with Gasteiger partial charge in [0.2, 0.25) is 5.89 Å². The Bertz CT molecular complexity index is 2150. The van der Waals surface area contributed by atoms with E-state index in [0.29, 0.717) is 59.1 Å². The molecule has 0 amide bonds. The number of halogens is 1. The molecule has 48 heavy (non-hydrogen) atoms. The first-order valence-electron chi connectivity index (χ1n) is 15.5. The molecule has 0 N–H and O–H groups in total. The number of allylic oxidation sites excluding steroid dienone is 2. The van der Waals surface area contributed by atoms with Crippen molar-refractivity contribution in [3.05, 3.63) is 125 Å². The minimum atomic E-state index is -4.12. The van der Waals surface area contributed by atoms with Gasteiger partial charge in [0, 0.05) is 34.9 Å². The minimum absolute atomic E-state index is 0.0445. The molecule has 248 valence electrons. The zero-order valence-corrected chi connectivity index (χ0v) is 28.4. The fraction of sp³-hybridized carbons (Fsp3) is 0.243. The highest BCUT2D eigenvalue weighted by atomic mass is 32.2. The van der Waals surface area contributed by atoms with Crippen LogP contribution in [0.5, 0.6) is 11.5 Å². The summed E-state index contributed by atoms with van der Waals surface area (Å²) in [6.45, 7) is 3.59. The van der Waals surface area contributed by atoms with E-state index in [0.717, 1.165) is 26.4 Å². The molecule has 1 unspecified atom stereocenters. The second-order valence-electron chi connectivity index (χ2n) is 11.7. The molecule has 11 heteroatoms. The molecule has 0 aliphatic heterocycles. The highest BCUT2D eigenvalue weighted by molar-refractivity contribution is 8.02. The number of hydrogen-bond donors (Lipinski definition) is 0. The number of carbonyl (C=O) groups is 1. The first kappa shape index (κ1) is 33.3. The second-order valence-corrected chi connectivity index (χ2v) is 14.8. The molecule has 0 saturated carbocycles. The first-order valence-corrected chi connectivity index (χ1v) is 18.2. The van der Waals surface area contributed by atoms with Gasteiger partial charge in [-0.3, -0.25) is 4.79 Å². The van der Waals surface area contributed by atoms with Crippen LogP contribution >= 0.6 is 11.8 Å². The molecular weight excluding hydrogens is 652 g/mol. The average molecular weight is 687 g/mol. The molecule has 0 bridgehead atoms. The monoisotopic (exact) mass is 686 g/mol. The van der Waals surface area contributed by atoms with Crippen LogP contribution < -0.4 is 4.74 Å². The second kappa shape index (κ2) is 13.9. The van der Waals surface area contributed by atoms with E-state index in [9.17, 15) is 13.2 Å². The summed E-state index contributed by atoms with van der Waals surface area (Å²) in [5.41, 5.74) is 4.04. The van der Waals surface area contributed by atoms with Crippen LogP contribution in [0.1, 0.15) is 43.5 Å². The quantitative estimate of drug-likeness (QED) is 0.120. The molecule has 1 aliphatic rings. The van der Waals surface area contributed by atoms with Gasteiger partial charge in [-0.25, -0.2) is 21.8 Å². The number of nitrogens with zero attached hydrogens (tertiary/aromatic N) is 2. The predicted molar refractivity (Wildman–Crippen MR) is 186 cm³/mol. The van der Waals surface area contributed by atoms with Gasteiger partial charge in [-0.2, -0.15) is 0 Å². The zero-order chi connectivity index (χ0) is 33.9. The van der Waals surface area contributed by atoms with Gasteiger partial charge in [-0.15, -0.1) is 11.8 Å². The number of oxazole rings is 1. The van der Waals surface area contributed by atoms with Gasteiger partial charge in [0.05, 0.1) is 17.8 Å². The number of aryl methyl sites for hydroxylation is 1. The maximum atomic E-state index is 15.2. The number of fused-ring (bicyclic) bond motifs is 1. The van der Waals surface area contributed by atoms with Gasteiger partial charge in [-0.1, -0.05) is 36.4 Å². The van der Waals surface area contributed by atoms with Crippen molar-refractivity contribution in [2.45, 2.75) is 44.3 Å². The summed E-state index contributed by atoms with van der Waals surface area (Å²) >= 11 is 1.38. The average Bonchev–Trinajstić information content (AvgIpc) is 3.73. The van der Waals surface area contributed by atoms with Crippen molar-refractivity contribution in [1.29, 1.82) is 0 Å². The fourth-order valence-electron chi connectivity index (χ4n) is 5.62. The molecule has 8 nitrogen and oxygen atoms in total. The van der Waals surface area contributed by atoms with Crippen LogP contribution in [0.2, 0.25) is 0 Å². The van der Waals surface area contributed by atoms with Crippen molar-refractivity contribution in [1.82, 2.24) is 8.96 Å². The fourth-order valence-corrected chi connectivity index (χ4v) is 7.77. The van der Waals surface area contributed by atoms with Crippen LogP contribution in [0, 0.1) is 0 Å². The molecule has 5 aromatic rings. The molecule has 0 radical (unpaired) electrons. The Morgan fingerprint density at radius 1 is 1.06 bits per heavy atom. The number of hydrogen-bond acceptors (Lipinski definition) is 8. The summed E-state index contributed by atoms with van der Waals surface area (Å²) in [5, 5.41) is 0.638. The van der Waals surface area contributed by atoms with E-state index in [1.165, 1.54) is 31.0 Å². The SMILES string of the molecule is CCOC(=O)CCc1cccc(Cc2coc(-c3cccc(Oc4ccc5c(ccn5S(=O)(=O)C5(C)CC=C(SC)C=C5F)c4)c3)n2)c1.